The van der Waals surface area contributed by atoms with Gasteiger partial charge in [-0.05, 0) is 37.5 Å². The third kappa shape index (κ3) is 3.56. The van der Waals surface area contributed by atoms with Crippen molar-refractivity contribution in [2.24, 2.45) is 23.2 Å². The Morgan fingerprint density at radius 2 is 2.07 bits per heavy atom. The average Bonchev–Trinajstić information content (AvgIpc) is 2.95. The van der Waals surface area contributed by atoms with Crippen LogP contribution in [0.15, 0.2) is 11.6 Å². The van der Waals surface area contributed by atoms with Crippen molar-refractivity contribution in [2.75, 3.05) is 39.3 Å². The monoisotopic (exact) mass is 390 g/mol. The van der Waals surface area contributed by atoms with Gasteiger partial charge in [0.25, 0.3) is 0 Å². The highest BCUT2D eigenvalue weighted by atomic mass is 16.6. The van der Waals surface area contributed by atoms with Crippen LogP contribution in [-0.4, -0.2) is 67.3 Å². The standard InChI is InChI=1S/C22H34N2O4/c1-4-27-21(26)24-10-8-23(9-11-24)14-17-16-12-18-15(2)6-5-7-22(18,3)13-19(16)28-20(17)25/h12,15-17,19H,4-11,13-14H2,1-3H3/t15-,16+,17+,19+,22-/m1/s1. The largest absolute Gasteiger partial charge is 0.461 e. The molecule has 2 saturated heterocycles. The molecule has 28 heavy (non-hydrogen) atoms. The molecule has 0 aromatic heterocycles. The van der Waals surface area contributed by atoms with Crippen molar-refractivity contribution >= 4 is 12.1 Å². The van der Waals surface area contributed by atoms with E-state index in [2.05, 4.69) is 24.8 Å². The molecule has 0 spiro atoms. The Morgan fingerprint density at radius 1 is 1.32 bits per heavy atom. The van der Waals surface area contributed by atoms with Gasteiger partial charge in [0, 0.05) is 38.6 Å². The van der Waals surface area contributed by atoms with Crippen LogP contribution < -0.4 is 0 Å². The zero-order valence-electron chi connectivity index (χ0n) is 17.5. The van der Waals surface area contributed by atoms with E-state index in [4.69, 9.17) is 9.47 Å². The topological polar surface area (TPSA) is 59.1 Å². The highest BCUT2D eigenvalue weighted by Gasteiger charge is 2.52. The van der Waals surface area contributed by atoms with Gasteiger partial charge in [0.05, 0.1) is 12.5 Å². The maximum Gasteiger partial charge on any atom is 0.409 e. The number of amides is 1. The minimum atomic E-state index is -0.231. The molecule has 3 fully saturated rings. The first-order valence-corrected chi connectivity index (χ1v) is 11.0. The van der Waals surface area contributed by atoms with Crippen molar-refractivity contribution in [2.45, 2.75) is 52.6 Å². The highest BCUT2D eigenvalue weighted by Crippen LogP contribution is 2.53. The lowest BCUT2D eigenvalue weighted by atomic mass is 9.59. The lowest BCUT2D eigenvalue weighted by Crippen LogP contribution is -2.50. The van der Waals surface area contributed by atoms with E-state index in [1.54, 1.807) is 10.5 Å². The summed E-state index contributed by atoms with van der Waals surface area (Å²) in [5.41, 5.74) is 1.77. The third-order valence-corrected chi connectivity index (χ3v) is 7.43. The fraction of sp³-hybridized carbons (Fsp3) is 0.818. The predicted octanol–water partition coefficient (Wildman–Crippen LogP) is 3.07. The molecule has 0 N–H and O–H groups in total. The lowest BCUT2D eigenvalue weighted by molar-refractivity contribution is -0.145. The van der Waals surface area contributed by atoms with Crippen molar-refractivity contribution < 1.29 is 19.1 Å². The number of rotatable bonds is 3. The first kappa shape index (κ1) is 19.7. The maximum atomic E-state index is 12.7. The van der Waals surface area contributed by atoms with Crippen molar-refractivity contribution in [3.63, 3.8) is 0 Å². The summed E-state index contributed by atoms with van der Waals surface area (Å²) in [6, 6.07) is 0. The summed E-state index contributed by atoms with van der Waals surface area (Å²) in [4.78, 5) is 28.7. The van der Waals surface area contributed by atoms with Crippen molar-refractivity contribution in [3.05, 3.63) is 11.6 Å². The highest BCUT2D eigenvalue weighted by molar-refractivity contribution is 5.76. The molecule has 5 atom stereocenters. The number of esters is 1. The molecule has 1 saturated carbocycles. The van der Waals surface area contributed by atoms with Crippen molar-refractivity contribution in [1.82, 2.24) is 9.80 Å². The molecular weight excluding hydrogens is 356 g/mol. The number of hydrogen-bond donors (Lipinski definition) is 0. The molecule has 6 heteroatoms. The molecule has 0 bridgehead atoms. The normalized spacial score (nSPS) is 38.3. The Bertz CT molecular complexity index is 655. The zero-order chi connectivity index (χ0) is 19.9. The van der Waals surface area contributed by atoms with Crippen LogP contribution >= 0.6 is 0 Å². The molecule has 0 aromatic rings. The first-order valence-electron chi connectivity index (χ1n) is 11.0. The summed E-state index contributed by atoms with van der Waals surface area (Å²) in [6.07, 6.45) is 6.95. The summed E-state index contributed by atoms with van der Waals surface area (Å²) in [7, 11) is 0. The maximum absolute atomic E-state index is 12.7. The Morgan fingerprint density at radius 3 is 2.79 bits per heavy atom. The Labute approximate surface area is 168 Å². The molecule has 0 radical (unpaired) electrons. The van der Waals surface area contributed by atoms with Gasteiger partial charge >= 0.3 is 12.1 Å². The molecule has 2 heterocycles. The van der Waals surface area contributed by atoms with E-state index < -0.39 is 0 Å². The van der Waals surface area contributed by atoms with Gasteiger partial charge in [-0.1, -0.05) is 31.9 Å². The van der Waals surface area contributed by atoms with Crippen LogP contribution in [0.3, 0.4) is 0 Å². The molecule has 156 valence electrons. The SMILES string of the molecule is CCOC(=O)N1CCN(C[C@@H]2C(=O)O[C@H]3C[C@@]4(C)CCC[C@@H](C)C4=C[C@H]32)CC1. The van der Waals surface area contributed by atoms with E-state index in [1.807, 2.05) is 6.92 Å². The number of fused-ring (bicyclic) bond motifs is 2. The Kier molecular flexibility index (Phi) is 5.43. The van der Waals surface area contributed by atoms with Crippen LogP contribution in [0.25, 0.3) is 0 Å². The van der Waals surface area contributed by atoms with Crippen LogP contribution in [0.2, 0.25) is 0 Å². The molecule has 0 unspecified atom stereocenters. The van der Waals surface area contributed by atoms with Gasteiger partial charge in [-0.2, -0.15) is 0 Å². The number of piperazine rings is 1. The fourth-order valence-corrected chi connectivity index (χ4v) is 5.86. The van der Waals surface area contributed by atoms with E-state index in [0.29, 0.717) is 25.6 Å². The average molecular weight is 391 g/mol. The summed E-state index contributed by atoms with van der Waals surface area (Å²) < 4.78 is 11.0. The summed E-state index contributed by atoms with van der Waals surface area (Å²) >= 11 is 0. The van der Waals surface area contributed by atoms with E-state index in [1.165, 1.54) is 19.3 Å². The Hall–Kier alpha value is -1.56. The van der Waals surface area contributed by atoms with Crippen LogP contribution in [0.1, 0.15) is 46.5 Å². The van der Waals surface area contributed by atoms with Gasteiger partial charge in [0.1, 0.15) is 6.10 Å². The van der Waals surface area contributed by atoms with Gasteiger partial charge < -0.3 is 14.4 Å². The second-order valence-electron chi connectivity index (χ2n) is 9.33. The van der Waals surface area contributed by atoms with Gasteiger partial charge in [-0.15, -0.1) is 0 Å². The quantitative estimate of drug-likeness (QED) is 0.547. The molecule has 4 aliphatic rings. The molecule has 4 rings (SSSR count). The number of hydrogen-bond acceptors (Lipinski definition) is 5. The van der Waals surface area contributed by atoms with Crippen LogP contribution in [0.5, 0.6) is 0 Å². The number of carbonyl (C=O) groups is 2. The fourth-order valence-electron chi connectivity index (χ4n) is 5.86. The molecule has 1 amide bonds. The second kappa shape index (κ2) is 7.69. The number of carbonyl (C=O) groups excluding carboxylic acids is 2. The van der Waals surface area contributed by atoms with E-state index in [-0.39, 0.29) is 35.4 Å². The molecule has 2 aliphatic carbocycles. The van der Waals surface area contributed by atoms with Crippen molar-refractivity contribution in [3.8, 4) is 0 Å². The molecule has 2 aliphatic heterocycles. The number of allylic oxidation sites excluding steroid dienone is 1. The van der Waals surface area contributed by atoms with Crippen LogP contribution in [-0.2, 0) is 14.3 Å². The van der Waals surface area contributed by atoms with E-state index >= 15 is 0 Å². The molecular formula is C22H34N2O4. The predicted molar refractivity (Wildman–Crippen MR) is 106 cm³/mol. The van der Waals surface area contributed by atoms with Gasteiger partial charge in [-0.3, -0.25) is 9.69 Å². The van der Waals surface area contributed by atoms with E-state index in [0.717, 1.165) is 26.1 Å². The molecule has 0 aromatic carbocycles. The zero-order valence-corrected chi connectivity index (χ0v) is 17.5. The van der Waals surface area contributed by atoms with Crippen molar-refractivity contribution in [1.29, 1.82) is 0 Å². The van der Waals surface area contributed by atoms with Gasteiger partial charge in [0.15, 0.2) is 0 Å². The first-order chi connectivity index (χ1) is 13.4. The number of ether oxygens (including phenoxy) is 2. The third-order valence-electron chi connectivity index (χ3n) is 7.43. The van der Waals surface area contributed by atoms with Gasteiger partial charge in [-0.25, -0.2) is 4.79 Å². The van der Waals surface area contributed by atoms with Crippen LogP contribution in [0, 0.1) is 23.2 Å². The van der Waals surface area contributed by atoms with Gasteiger partial charge in [0.2, 0.25) is 0 Å². The Balaban J connectivity index is 1.42. The second-order valence-corrected chi connectivity index (χ2v) is 9.33. The van der Waals surface area contributed by atoms with E-state index in [9.17, 15) is 9.59 Å². The smallest absolute Gasteiger partial charge is 0.409 e. The van der Waals surface area contributed by atoms with Crippen LogP contribution in [0.4, 0.5) is 4.79 Å². The minimum absolute atomic E-state index is 0.0328. The number of nitrogens with zero attached hydrogens (tertiary/aromatic N) is 2. The minimum Gasteiger partial charge on any atom is -0.461 e. The lowest BCUT2D eigenvalue weighted by Gasteiger charge is -2.46. The summed E-state index contributed by atoms with van der Waals surface area (Å²) in [5, 5.41) is 0. The summed E-state index contributed by atoms with van der Waals surface area (Å²) in [5.74, 6) is 0.711. The summed E-state index contributed by atoms with van der Waals surface area (Å²) in [6.45, 7) is 10.5. The molecule has 6 nitrogen and oxygen atoms in total.